The van der Waals surface area contributed by atoms with Gasteiger partial charge in [0.25, 0.3) is 15.2 Å². The lowest BCUT2D eigenvalue weighted by Gasteiger charge is -1.86. The van der Waals surface area contributed by atoms with Crippen LogP contribution in [-0.2, 0) is 10.0 Å². The van der Waals surface area contributed by atoms with Gasteiger partial charge in [0.1, 0.15) is 0 Å². The van der Waals surface area contributed by atoms with Crippen LogP contribution in [0.3, 0.4) is 0 Å². The molecule has 2 aromatic heterocycles. The number of H-pyrrole nitrogens is 1. The fraction of sp³-hybridized carbons (Fsp3) is 0. The predicted molar refractivity (Wildman–Crippen MR) is 48.9 cm³/mol. The third-order valence-corrected chi connectivity index (χ3v) is 2.88. The van der Waals surface area contributed by atoms with Gasteiger partial charge in [-0.15, -0.1) is 11.3 Å². The van der Waals surface area contributed by atoms with Gasteiger partial charge in [-0.05, 0) is 0 Å². The molecule has 0 amide bonds. The third kappa shape index (κ3) is 1.64. The van der Waals surface area contributed by atoms with Crippen molar-refractivity contribution in [3.05, 3.63) is 11.7 Å². The fourth-order valence-corrected chi connectivity index (χ4v) is 1.75. The van der Waals surface area contributed by atoms with Crippen LogP contribution in [0.15, 0.2) is 16.9 Å². The number of primary sulfonamides is 1. The van der Waals surface area contributed by atoms with Gasteiger partial charge >= 0.3 is 0 Å². The maximum Gasteiger partial charge on any atom is 0.273 e. The molecule has 0 fully saturated rings. The zero-order valence-corrected chi connectivity index (χ0v) is 8.34. The molecule has 0 spiro atoms. The van der Waals surface area contributed by atoms with Crippen LogP contribution in [0.25, 0.3) is 10.7 Å². The average molecular weight is 231 g/mol. The summed E-state index contributed by atoms with van der Waals surface area (Å²) in [5.74, 6) is 0.275. The lowest BCUT2D eigenvalue weighted by molar-refractivity contribution is 0.589. The standard InChI is InChI=1S/C5H5N5O2S2/c6-14(11,12)5-8-4(9-10-5)3-1-7-2-13-3/h1-2H,(H2,6,11,12)(H,8,9,10). The summed E-state index contributed by atoms with van der Waals surface area (Å²) in [6, 6.07) is 0. The van der Waals surface area contributed by atoms with Gasteiger partial charge in [-0.1, -0.05) is 0 Å². The summed E-state index contributed by atoms with van der Waals surface area (Å²) in [4.78, 5) is 8.21. The second-order valence-corrected chi connectivity index (χ2v) is 4.74. The van der Waals surface area contributed by atoms with Crippen LogP contribution in [-0.4, -0.2) is 28.6 Å². The molecule has 74 valence electrons. The largest absolute Gasteiger partial charge is 0.273 e. The third-order valence-electron chi connectivity index (χ3n) is 1.39. The van der Waals surface area contributed by atoms with Crippen molar-refractivity contribution in [1.29, 1.82) is 0 Å². The number of rotatable bonds is 2. The Labute approximate surface area is 83.1 Å². The van der Waals surface area contributed by atoms with Crippen LogP contribution < -0.4 is 5.14 Å². The van der Waals surface area contributed by atoms with Gasteiger partial charge in [-0.2, -0.15) is 10.1 Å². The smallest absolute Gasteiger partial charge is 0.252 e. The first kappa shape index (κ1) is 9.24. The van der Waals surface area contributed by atoms with E-state index in [0.717, 1.165) is 0 Å². The molecule has 2 rings (SSSR count). The second-order valence-electron chi connectivity index (χ2n) is 2.37. The molecule has 0 atom stereocenters. The minimum absolute atomic E-state index is 0.275. The highest BCUT2D eigenvalue weighted by Gasteiger charge is 2.15. The number of nitrogens with one attached hydrogen (secondary N) is 1. The van der Waals surface area contributed by atoms with Crippen molar-refractivity contribution in [1.82, 2.24) is 20.2 Å². The van der Waals surface area contributed by atoms with Gasteiger partial charge in [-0.3, -0.25) is 4.98 Å². The topological polar surface area (TPSA) is 115 Å². The van der Waals surface area contributed by atoms with Crippen LogP contribution in [0.5, 0.6) is 0 Å². The summed E-state index contributed by atoms with van der Waals surface area (Å²) in [5.41, 5.74) is 1.60. The van der Waals surface area contributed by atoms with Crippen molar-refractivity contribution < 1.29 is 8.42 Å². The van der Waals surface area contributed by atoms with E-state index in [9.17, 15) is 8.42 Å². The van der Waals surface area contributed by atoms with Gasteiger partial charge in [0.2, 0.25) is 0 Å². The van der Waals surface area contributed by atoms with E-state index in [0.29, 0.717) is 4.88 Å². The highest BCUT2D eigenvalue weighted by molar-refractivity contribution is 7.89. The molecule has 14 heavy (non-hydrogen) atoms. The van der Waals surface area contributed by atoms with Crippen molar-refractivity contribution in [2.75, 3.05) is 0 Å². The Balaban J connectivity index is 2.46. The van der Waals surface area contributed by atoms with E-state index >= 15 is 0 Å². The van der Waals surface area contributed by atoms with Gasteiger partial charge in [0.15, 0.2) is 5.82 Å². The summed E-state index contributed by atoms with van der Waals surface area (Å²) >= 11 is 1.31. The Bertz CT molecular complexity index is 528. The summed E-state index contributed by atoms with van der Waals surface area (Å²) in [7, 11) is -3.82. The molecule has 0 radical (unpaired) electrons. The normalized spacial score (nSPS) is 11.8. The number of aromatic amines is 1. The molecule has 0 unspecified atom stereocenters. The number of nitrogens with two attached hydrogens (primary N) is 1. The van der Waals surface area contributed by atoms with Crippen molar-refractivity contribution in [3.63, 3.8) is 0 Å². The van der Waals surface area contributed by atoms with Gasteiger partial charge < -0.3 is 0 Å². The number of sulfonamides is 1. The average Bonchev–Trinajstić information content (AvgIpc) is 2.73. The first-order chi connectivity index (χ1) is 6.57. The van der Waals surface area contributed by atoms with Crippen LogP contribution in [0, 0.1) is 0 Å². The minimum Gasteiger partial charge on any atom is -0.252 e. The van der Waals surface area contributed by atoms with E-state index in [4.69, 9.17) is 5.14 Å². The molecule has 0 aliphatic carbocycles. The second kappa shape index (κ2) is 3.12. The van der Waals surface area contributed by atoms with E-state index in [1.54, 1.807) is 11.7 Å². The fourth-order valence-electron chi connectivity index (χ4n) is 0.811. The van der Waals surface area contributed by atoms with Crippen LogP contribution in [0.2, 0.25) is 0 Å². The number of nitrogens with zero attached hydrogens (tertiary/aromatic N) is 3. The van der Waals surface area contributed by atoms with E-state index in [1.807, 2.05) is 0 Å². The minimum atomic E-state index is -3.82. The molecule has 0 aliphatic heterocycles. The SMILES string of the molecule is NS(=O)(=O)c1nc(-c2cncs2)n[nH]1. The summed E-state index contributed by atoms with van der Waals surface area (Å²) in [6.07, 6.45) is 1.54. The molecule has 0 saturated heterocycles. The molecular weight excluding hydrogens is 226 g/mol. The van der Waals surface area contributed by atoms with Crippen molar-refractivity contribution >= 4 is 21.4 Å². The van der Waals surface area contributed by atoms with Crippen molar-refractivity contribution in [2.45, 2.75) is 5.16 Å². The maximum absolute atomic E-state index is 10.8. The van der Waals surface area contributed by atoms with Crippen LogP contribution in [0.1, 0.15) is 0 Å². The Morgan fingerprint density at radius 2 is 2.29 bits per heavy atom. The van der Waals surface area contributed by atoms with Gasteiger partial charge in [-0.25, -0.2) is 18.7 Å². The number of hydrogen-bond acceptors (Lipinski definition) is 6. The molecule has 9 heteroatoms. The summed E-state index contributed by atoms with van der Waals surface area (Å²) in [6.45, 7) is 0. The zero-order valence-electron chi connectivity index (χ0n) is 6.71. The highest BCUT2D eigenvalue weighted by atomic mass is 32.2. The van der Waals surface area contributed by atoms with E-state index in [1.165, 1.54) is 11.3 Å². The molecule has 0 bridgehead atoms. The number of thiazole rings is 1. The Morgan fingerprint density at radius 1 is 1.50 bits per heavy atom. The lowest BCUT2D eigenvalue weighted by atomic mass is 10.5. The number of hydrogen-bond donors (Lipinski definition) is 2. The van der Waals surface area contributed by atoms with E-state index in [-0.39, 0.29) is 11.0 Å². The Morgan fingerprint density at radius 3 is 2.79 bits per heavy atom. The van der Waals surface area contributed by atoms with Gasteiger partial charge in [0.05, 0.1) is 10.4 Å². The maximum atomic E-state index is 10.8. The summed E-state index contributed by atoms with van der Waals surface area (Å²) in [5, 5.41) is 10.4. The lowest BCUT2D eigenvalue weighted by Crippen LogP contribution is -2.13. The highest BCUT2D eigenvalue weighted by Crippen LogP contribution is 2.18. The van der Waals surface area contributed by atoms with Gasteiger partial charge in [0, 0.05) is 6.20 Å². The first-order valence-corrected chi connectivity index (χ1v) is 5.84. The molecule has 2 aromatic rings. The molecule has 7 nitrogen and oxygen atoms in total. The van der Waals surface area contributed by atoms with Crippen LogP contribution in [0.4, 0.5) is 0 Å². The molecule has 0 aromatic carbocycles. The summed E-state index contributed by atoms with van der Waals surface area (Å²) < 4.78 is 21.7. The van der Waals surface area contributed by atoms with Crippen LogP contribution >= 0.6 is 11.3 Å². The van der Waals surface area contributed by atoms with Crippen molar-refractivity contribution in [2.24, 2.45) is 5.14 Å². The van der Waals surface area contributed by atoms with E-state index in [2.05, 4.69) is 20.2 Å². The first-order valence-electron chi connectivity index (χ1n) is 3.41. The quantitative estimate of drug-likeness (QED) is 0.728. The zero-order chi connectivity index (χ0) is 10.2. The number of aromatic nitrogens is 4. The van der Waals surface area contributed by atoms with Crippen molar-refractivity contribution in [3.8, 4) is 10.7 Å². The molecule has 3 N–H and O–H groups in total. The Kier molecular flexibility index (Phi) is 2.06. The predicted octanol–water partition coefficient (Wildman–Crippen LogP) is -0.424. The molecule has 0 saturated carbocycles. The monoisotopic (exact) mass is 231 g/mol. The Hall–Kier alpha value is -1.32. The molecule has 0 aliphatic rings. The molecular formula is C5H5N5O2S2. The van der Waals surface area contributed by atoms with E-state index < -0.39 is 10.0 Å². The molecule has 2 heterocycles.